The molecule has 0 fully saturated rings. The molecule has 0 amide bonds. The first-order chi connectivity index (χ1) is 7.55. The molecular formula is C6HCl6FN2O2. The maximum absolute atomic E-state index is 13.0. The van der Waals surface area contributed by atoms with Crippen LogP contribution in [0.1, 0.15) is 0 Å². The first-order valence-electron chi connectivity index (χ1n) is 3.61. The summed E-state index contributed by atoms with van der Waals surface area (Å²) in [5.74, 6) is -1.42. The Morgan fingerprint density at radius 1 is 0.941 bits per heavy atom. The highest BCUT2D eigenvalue weighted by atomic mass is 35.6. The molecule has 0 aliphatic carbocycles. The first kappa shape index (κ1) is 15.4. The molecule has 0 bridgehead atoms. The summed E-state index contributed by atoms with van der Waals surface area (Å²) in [7, 11) is 0. The maximum atomic E-state index is 13.0. The van der Waals surface area contributed by atoms with Gasteiger partial charge in [-0.3, -0.25) is 0 Å². The molecular weight excluding hydrogens is 364 g/mol. The lowest BCUT2D eigenvalue weighted by atomic mass is 10.6. The van der Waals surface area contributed by atoms with Gasteiger partial charge in [-0.1, -0.05) is 0 Å². The average molecular weight is 365 g/mol. The molecule has 0 saturated heterocycles. The fraction of sp³-hybridized carbons (Fsp3) is 0.333. The number of nitrogens with zero attached hydrogens (tertiary/aromatic N) is 2. The molecule has 96 valence electrons. The summed E-state index contributed by atoms with van der Waals surface area (Å²) in [6.45, 7) is 0. The van der Waals surface area contributed by atoms with Crippen molar-refractivity contribution in [3.63, 3.8) is 0 Å². The molecule has 1 rings (SSSR count). The van der Waals surface area contributed by atoms with E-state index in [-0.39, 0.29) is 0 Å². The van der Waals surface area contributed by atoms with Crippen molar-refractivity contribution in [3.8, 4) is 11.9 Å². The molecule has 4 nitrogen and oxygen atoms in total. The van der Waals surface area contributed by atoms with Crippen molar-refractivity contribution in [1.82, 2.24) is 9.97 Å². The zero-order valence-electron chi connectivity index (χ0n) is 7.43. The van der Waals surface area contributed by atoms with Gasteiger partial charge in [-0.2, -0.15) is 14.4 Å². The number of aromatic nitrogens is 2. The highest BCUT2D eigenvalue weighted by Gasteiger charge is 2.27. The van der Waals surface area contributed by atoms with Crippen LogP contribution in [0, 0.1) is 5.95 Å². The monoisotopic (exact) mass is 362 g/mol. The molecule has 1 aromatic rings. The van der Waals surface area contributed by atoms with Gasteiger partial charge in [0.25, 0.3) is 0 Å². The lowest BCUT2D eigenvalue weighted by molar-refractivity contribution is 0.264. The number of hydrogen-bond donors (Lipinski definition) is 0. The average Bonchev–Trinajstić information content (AvgIpc) is 1.93. The largest absolute Gasteiger partial charge is 0.427 e. The van der Waals surface area contributed by atoms with Crippen LogP contribution in [0.5, 0.6) is 11.9 Å². The smallest absolute Gasteiger partial charge is 0.341 e. The number of hydrogen-bond acceptors (Lipinski definition) is 4. The third-order valence-corrected chi connectivity index (χ3v) is 1.54. The topological polar surface area (TPSA) is 44.2 Å². The number of halogens is 7. The Bertz CT molecular complexity index is 372. The summed E-state index contributed by atoms with van der Waals surface area (Å²) >= 11 is 31.8. The van der Waals surface area contributed by atoms with Gasteiger partial charge in [0.05, 0.1) is 6.07 Å². The zero-order valence-corrected chi connectivity index (χ0v) is 12.0. The lowest BCUT2D eigenvalue weighted by Gasteiger charge is -2.15. The van der Waals surface area contributed by atoms with Crippen molar-refractivity contribution in [2.75, 3.05) is 0 Å². The van der Waals surface area contributed by atoms with Gasteiger partial charge in [0.2, 0.25) is 11.8 Å². The van der Waals surface area contributed by atoms with Gasteiger partial charge in [0.1, 0.15) is 0 Å². The third-order valence-electron chi connectivity index (χ3n) is 1.08. The number of rotatable bonds is 2. The van der Waals surface area contributed by atoms with Crippen LogP contribution >= 0.6 is 69.6 Å². The summed E-state index contributed by atoms with van der Waals surface area (Å²) in [6.07, 6.45) is 0. The summed E-state index contributed by atoms with van der Waals surface area (Å²) in [5, 5.41) is 0. The first-order valence-corrected chi connectivity index (χ1v) is 5.88. The van der Waals surface area contributed by atoms with E-state index in [0.717, 1.165) is 6.07 Å². The Kier molecular flexibility index (Phi) is 5.03. The van der Waals surface area contributed by atoms with Crippen molar-refractivity contribution < 1.29 is 13.9 Å². The van der Waals surface area contributed by atoms with Crippen LogP contribution < -0.4 is 9.47 Å². The van der Waals surface area contributed by atoms with Gasteiger partial charge >= 0.3 is 14.0 Å². The third kappa shape index (κ3) is 6.74. The normalized spacial score (nSPS) is 12.4. The van der Waals surface area contributed by atoms with E-state index >= 15 is 0 Å². The molecule has 0 aromatic carbocycles. The van der Waals surface area contributed by atoms with E-state index in [1.54, 1.807) is 0 Å². The van der Waals surface area contributed by atoms with Crippen molar-refractivity contribution in [1.29, 1.82) is 0 Å². The highest BCUT2D eigenvalue weighted by molar-refractivity contribution is 6.66. The van der Waals surface area contributed by atoms with Crippen LogP contribution in [0.3, 0.4) is 0 Å². The van der Waals surface area contributed by atoms with E-state index in [1.807, 2.05) is 0 Å². The molecule has 0 atom stereocenters. The molecule has 1 aromatic heterocycles. The molecule has 0 N–H and O–H groups in total. The Balaban J connectivity index is 2.95. The van der Waals surface area contributed by atoms with E-state index in [0.29, 0.717) is 0 Å². The molecule has 0 saturated carbocycles. The fourth-order valence-corrected chi connectivity index (χ4v) is 1.14. The molecule has 0 radical (unpaired) electrons. The van der Waals surface area contributed by atoms with E-state index in [2.05, 4.69) is 19.4 Å². The SMILES string of the molecule is Fc1cc(OC(Cl)(Cl)Cl)nc(OC(Cl)(Cl)Cl)n1. The Morgan fingerprint density at radius 2 is 1.47 bits per heavy atom. The Hall–Kier alpha value is 0.350. The predicted molar refractivity (Wildman–Crippen MR) is 63.8 cm³/mol. The van der Waals surface area contributed by atoms with Gasteiger partial charge < -0.3 is 9.47 Å². The van der Waals surface area contributed by atoms with Gasteiger partial charge in [-0.05, 0) is 69.6 Å². The van der Waals surface area contributed by atoms with Gasteiger partial charge in [0, 0.05) is 0 Å². The summed E-state index contributed by atoms with van der Waals surface area (Å²) < 4.78 is 17.9. The molecule has 0 spiro atoms. The molecule has 11 heteroatoms. The van der Waals surface area contributed by atoms with E-state index in [4.69, 9.17) is 69.6 Å². The summed E-state index contributed by atoms with van der Waals surface area (Å²) in [6, 6.07) is 0.168. The van der Waals surface area contributed by atoms with E-state index < -0.39 is 25.8 Å². The van der Waals surface area contributed by atoms with Crippen LogP contribution in [-0.2, 0) is 0 Å². The van der Waals surface area contributed by atoms with Crippen LogP contribution in [0.2, 0.25) is 0 Å². The van der Waals surface area contributed by atoms with Crippen molar-refractivity contribution in [2.45, 2.75) is 7.96 Å². The van der Waals surface area contributed by atoms with Gasteiger partial charge in [-0.15, -0.1) is 0 Å². The van der Waals surface area contributed by atoms with Crippen molar-refractivity contribution >= 4 is 69.6 Å². The van der Waals surface area contributed by atoms with Crippen LogP contribution in [0.15, 0.2) is 6.07 Å². The van der Waals surface area contributed by atoms with Gasteiger partial charge in [0.15, 0.2) is 0 Å². The summed E-state index contributed by atoms with van der Waals surface area (Å²) in [4.78, 5) is 6.69. The van der Waals surface area contributed by atoms with Crippen LogP contribution in [-0.4, -0.2) is 17.9 Å². The summed E-state index contributed by atoms with van der Waals surface area (Å²) in [5.41, 5.74) is 0. The molecule has 1 heterocycles. The van der Waals surface area contributed by atoms with Crippen molar-refractivity contribution in [3.05, 3.63) is 12.0 Å². The Morgan fingerprint density at radius 3 is 1.94 bits per heavy atom. The minimum atomic E-state index is -2.16. The zero-order chi connectivity index (χ0) is 13.3. The Labute approximate surface area is 125 Å². The van der Waals surface area contributed by atoms with E-state index in [9.17, 15) is 4.39 Å². The lowest BCUT2D eigenvalue weighted by Crippen LogP contribution is -2.17. The quantitative estimate of drug-likeness (QED) is 0.587. The minimum Gasteiger partial charge on any atom is -0.427 e. The second kappa shape index (κ2) is 5.55. The number of alkyl halides is 6. The van der Waals surface area contributed by atoms with Crippen molar-refractivity contribution in [2.24, 2.45) is 0 Å². The van der Waals surface area contributed by atoms with Crippen LogP contribution in [0.25, 0.3) is 0 Å². The number of ether oxygens (including phenoxy) is 2. The molecule has 0 aliphatic heterocycles. The predicted octanol–water partition coefficient (Wildman–Crippen LogP) is 4.03. The molecule has 0 aliphatic rings. The second-order valence-electron chi connectivity index (χ2n) is 2.41. The highest BCUT2D eigenvalue weighted by Crippen LogP contribution is 2.32. The fourth-order valence-electron chi connectivity index (χ4n) is 0.697. The maximum Gasteiger partial charge on any atom is 0.341 e. The minimum absolute atomic E-state index is 0.401. The van der Waals surface area contributed by atoms with E-state index in [1.165, 1.54) is 0 Å². The van der Waals surface area contributed by atoms with Gasteiger partial charge in [-0.25, -0.2) is 0 Å². The molecule has 17 heavy (non-hydrogen) atoms. The second-order valence-corrected chi connectivity index (χ2v) is 6.76. The standard InChI is InChI=1S/C6HCl6FN2O2/c7-5(8,9)16-3-1-2(13)14-4(15-3)17-6(10,11)12/h1H. The van der Waals surface area contributed by atoms with Crippen LogP contribution in [0.4, 0.5) is 4.39 Å². The molecule has 0 unspecified atom stereocenters.